The fraction of sp³-hybridized carbons (Fsp3) is 0.357. The first-order valence-corrected chi connectivity index (χ1v) is 14.5. The van der Waals surface area contributed by atoms with E-state index in [0.717, 1.165) is 30.1 Å². The van der Waals surface area contributed by atoms with Gasteiger partial charge in [-0.05, 0) is 57.4 Å². The number of hydrogen-bond donors (Lipinski definition) is 1. The topological polar surface area (TPSA) is 0 Å². The van der Waals surface area contributed by atoms with Crippen molar-refractivity contribution < 1.29 is 0 Å². The van der Waals surface area contributed by atoms with E-state index in [4.69, 9.17) is 0 Å². The lowest BCUT2D eigenvalue weighted by molar-refractivity contribution is 0.848. The van der Waals surface area contributed by atoms with Gasteiger partial charge in [-0.2, -0.15) is 12.6 Å². The van der Waals surface area contributed by atoms with Gasteiger partial charge >= 0.3 is 0 Å². The largest absolute Gasteiger partial charge is 0.179 e. The summed E-state index contributed by atoms with van der Waals surface area (Å²) in [4.78, 5) is 5.20. The Morgan fingerprint density at radius 2 is 1.97 bits per heavy atom. The second-order valence-electron chi connectivity index (χ2n) is 7.41. The van der Waals surface area contributed by atoms with E-state index in [-0.39, 0.29) is 0 Å². The Kier molecular flexibility index (Phi) is 16.8. The number of thioether (sulfide) groups is 3. The van der Waals surface area contributed by atoms with Gasteiger partial charge in [-0.15, -0.1) is 23.5 Å². The minimum absolute atomic E-state index is 0.480. The Bertz CT molecular complexity index is 816. The molecule has 0 spiro atoms. The van der Waals surface area contributed by atoms with E-state index in [2.05, 4.69) is 114 Å². The molecule has 1 unspecified atom stereocenters. The summed E-state index contributed by atoms with van der Waals surface area (Å²) in [6, 6.07) is 0. The highest BCUT2D eigenvalue weighted by molar-refractivity contribution is 8.07. The molecule has 1 aliphatic carbocycles. The zero-order valence-corrected chi connectivity index (χ0v) is 23.3. The Morgan fingerprint density at radius 3 is 2.59 bits per heavy atom. The van der Waals surface area contributed by atoms with Gasteiger partial charge in [-0.3, -0.25) is 0 Å². The maximum absolute atomic E-state index is 4.39. The van der Waals surface area contributed by atoms with Crippen LogP contribution in [-0.2, 0) is 0 Å². The first-order valence-electron chi connectivity index (χ1n) is 11.1. The van der Waals surface area contributed by atoms with Crippen LogP contribution in [0.4, 0.5) is 0 Å². The van der Waals surface area contributed by atoms with E-state index in [1.54, 1.807) is 0 Å². The second-order valence-corrected chi connectivity index (χ2v) is 11.1. The summed E-state index contributed by atoms with van der Waals surface area (Å²) in [6.07, 6.45) is 28.6. The molecule has 0 fully saturated rings. The van der Waals surface area contributed by atoms with Crippen LogP contribution in [-0.4, -0.2) is 17.3 Å². The van der Waals surface area contributed by atoms with E-state index >= 15 is 0 Å². The van der Waals surface area contributed by atoms with E-state index < -0.39 is 0 Å². The average molecular weight is 503 g/mol. The summed E-state index contributed by atoms with van der Waals surface area (Å²) in [5, 5.41) is 0. The van der Waals surface area contributed by atoms with Gasteiger partial charge in [0.2, 0.25) is 0 Å². The summed E-state index contributed by atoms with van der Waals surface area (Å²) in [6.45, 7) is 12.5. The van der Waals surface area contributed by atoms with Crippen molar-refractivity contribution in [2.75, 3.05) is 17.3 Å². The van der Waals surface area contributed by atoms with Crippen LogP contribution < -0.4 is 0 Å². The Morgan fingerprint density at radius 1 is 1.16 bits per heavy atom. The quantitative estimate of drug-likeness (QED) is 0.185. The summed E-state index contributed by atoms with van der Waals surface area (Å²) >= 11 is 9.96. The zero-order valence-electron chi connectivity index (χ0n) is 19.9. The molecule has 32 heavy (non-hydrogen) atoms. The third kappa shape index (κ3) is 13.6. The fourth-order valence-corrected chi connectivity index (χ4v) is 5.61. The highest BCUT2D eigenvalue weighted by atomic mass is 32.2. The lowest BCUT2D eigenvalue weighted by Gasteiger charge is -2.09. The smallest absolute Gasteiger partial charge is 0.0191 e. The zero-order chi connectivity index (χ0) is 23.6. The summed E-state index contributed by atoms with van der Waals surface area (Å²) in [5.41, 5.74) is 1.37. The number of thiol groups is 1. The lowest BCUT2D eigenvalue weighted by Crippen LogP contribution is -1.91. The van der Waals surface area contributed by atoms with Crippen LogP contribution in [0, 0.1) is 5.92 Å². The first-order chi connectivity index (χ1) is 15.5. The Balaban J connectivity index is 2.63. The molecule has 1 atom stereocenters. The fourth-order valence-electron chi connectivity index (χ4n) is 2.68. The highest BCUT2D eigenvalue weighted by Crippen LogP contribution is 2.31. The predicted octanol–water partition coefficient (Wildman–Crippen LogP) is 9.92. The molecule has 0 aliphatic heterocycles. The molecular weight excluding hydrogens is 465 g/mol. The van der Waals surface area contributed by atoms with Crippen LogP contribution in [0.3, 0.4) is 0 Å². The maximum atomic E-state index is 4.39. The third-order valence-electron chi connectivity index (χ3n) is 4.31. The highest BCUT2D eigenvalue weighted by Gasteiger charge is 2.03. The molecule has 0 radical (unpaired) electrons. The predicted molar refractivity (Wildman–Crippen MR) is 160 cm³/mol. The van der Waals surface area contributed by atoms with E-state index in [1.807, 2.05) is 41.4 Å². The van der Waals surface area contributed by atoms with Crippen molar-refractivity contribution in [3.05, 3.63) is 105 Å². The summed E-state index contributed by atoms with van der Waals surface area (Å²) < 4.78 is 0. The standard InChI is InChI=1S/C28H38S4/c1-6-13-26(17-12-18-30-28(14-7-2)19-23(4)21-29)31-22-24(5)20-25(8-3)32-27-15-10-9-11-16-27/h6-8,10,12-17,19-20,23,29H,1,9,11,18,21-22H2,2-5H3/b14-7-,17-12-,24-20-,25-8+,26-13+,28-19+. The molecule has 0 N–H and O–H groups in total. The van der Waals surface area contributed by atoms with Crippen molar-refractivity contribution in [2.45, 2.75) is 40.5 Å². The van der Waals surface area contributed by atoms with Gasteiger partial charge in [0.05, 0.1) is 0 Å². The molecule has 0 amide bonds. The molecule has 1 rings (SSSR count). The molecule has 0 bridgehead atoms. The number of hydrogen-bond acceptors (Lipinski definition) is 4. The van der Waals surface area contributed by atoms with Gasteiger partial charge in [0.1, 0.15) is 0 Å². The van der Waals surface area contributed by atoms with Gasteiger partial charge in [-0.25, -0.2) is 0 Å². The average Bonchev–Trinajstić information content (AvgIpc) is 2.80. The third-order valence-corrected chi connectivity index (χ3v) is 8.19. The van der Waals surface area contributed by atoms with Crippen LogP contribution in [0.1, 0.15) is 40.5 Å². The SMILES string of the molecule is C=C/C=C(\C=C/CSC(/C=C\C)=C/C(C)CS)SC/C(C)=C\C(=C/C)SC1=CCCC=C1. The monoisotopic (exact) mass is 502 g/mol. The molecule has 0 aromatic heterocycles. The lowest BCUT2D eigenvalue weighted by atomic mass is 10.2. The first kappa shape index (κ1) is 29.1. The molecule has 0 nitrogen and oxygen atoms in total. The Hall–Kier alpha value is -0.940. The molecule has 0 aromatic rings. The van der Waals surface area contributed by atoms with Crippen LogP contribution in [0.2, 0.25) is 0 Å². The van der Waals surface area contributed by atoms with Crippen molar-refractivity contribution in [1.82, 2.24) is 0 Å². The minimum atomic E-state index is 0.480. The number of rotatable bonds is 14. The van der Waals surface area contributed by atoms with E-state index in [9.17, 15) is 0 Å². The van der Waals surface area contributed by atoms with Crippen LogP contribution in [0.5, 0.6) is 0 Å². The molecule has 0 saturated heterocycles. The van der Waals surface area contributed by atoms with E-state index in [1.165, 1.54) is 25.2 Å². The van der Waals surface area contributed by atoms with Gasteiger partial charge in [0.15, 0.2) is 0 Å². The molecule has 174 valence electrons. The maximum Gasteiger partial charge on any atom is 0.0191 e. The van der Waals surface area contributed by atoms with Gasteiger partial charge in [-0.1, -0.05) is 91.6 Å². The normalized spacial score (nSPS) is 17.3. The summed E-state index contributed by atoms with van der Waals surface area (Å²) in [7, 11) is 0. The van der Waals surface area contributed by atoms with Crippen LogP contribution in [0.15, 0.2) is 105 Å². The molecular formula is C28H38S4. The number of allylic oxidation sites excluding steroid dienone is 11. The second kappa shape index (κ2) is 18.5. The minimum Gasteiger partial charge on any atom is -0.179 e. The van der Waals surface area contributed by atoms with Crippen LogP contribution in [0.25, 0.3) is 0 Å². The van der Waals surface area contributed by atoms with Gasteiger partial charge < -0.3 is 0 Å². The van der Waals surface area contributed by atoms with Crippen molar-refractivity contribution >= 4 is 47.9 Å². The van der Waals surface area contributed by atoms with E-state index in [0.29, 0.717) is 5.92 Å². The molecule has 0 heterocycles. The molecule has 1 aliphatic rings. The van der Waals surface area contributed by atoms with Crippen molar-refractivity contribution in [3.8, 4) is 0 Å². The molecule has 0 aromatic carbocycles. The molecule has 0 saturated carbocycles. The van der Waals surface area contributed by atoms with Crippen molar-refractivity contribution in [3.63, 3.8) is 0 Å². The molecule has 4 heteroatoms. The van der Waals surface area contributed by atoms with Crippen molar-refractivity contribution in [1.29, 1.82) is 0 Å². The van der Waals surface area contributed by atoms with Gasteiger partial charge in [0, 0.05) is 31.1 Å². The van der Waals surface area contributed by atoms with Gasteiger partial charge in [0.25, 0.3) is 0 Å². The summed E-state index contributed by atoms with van der Waals surface area (Å²) in [5.74, 6) is 3.26. The Labute approximate surface area is 215 Å². The van der Waals surface area contributed by atoms with Crippen molar-refractivity contribution in [2.24, 2.45) is 5.92 Å². The van der Waals surface area contributed by atoms with Crippen LogP contribution >= 0.6 is 47.9 Å².